The third-order valence-electron chi connectivity index (χ3n) is 3.65. The van der Waals surface area contributed by atoms with Crippen LogP contribution in [0.25, 0.3) is 0 Å². The maximum absolute atomic E-state index is 12.2. The van der Waals surface area contributed by atoms with Gasteiger partial charge in [-0.3, -0.25) is 9.59 Å². The van der Waals surface area contributed by atoms with Gasteiger partial charge in [-0.25, -0.2) is 0 Å². The summed E-state index contributed by atoms with van der Waals surface area (Å²) in [5.41, 5.74) is 1.33. The van der Waals surface area contributed by atoms with Gasteiger partial charge in [0.15, 0.2) is 17.3 Å². The van der Waals surface area contributed by atoms with Gasteiger partial charge in [0.2, 0.25) is 0 Å². The number of ketones is 1. The third-order valence-corrected chi connectivity index (χ3v) is 3.65. The van der Waals surface area contributed by atoms with Crippen LogP contribution in [-0.4, -0.2) is 35.5 Å². The van der Waals surface area contributed by atoms with Crippen molar-refractivity contribution in [1.29, 1.82) is 0 Å². The largest absolute Gasteiger partial charge is 0.358 e. The Morgan fingerprint density at radius 3 is 2.58 bits per heavy atom. The van der Waals surface area contributed by atoms with Crippen molar-refractivity contribution in [3.8, 4) is 0 Å². The van der Waals surface area contributed by atoms with Gasteiger partial charge in [-0.1, -0.05) is 25.5 Å². The van der Waals surface area contributed by atoms with E-state index in [1.165, 1.54) is 6.92 Å². The van der Waals surface area contributed by atoms with Crippen LogP contribution in [0.1, 0.15) is 47.5 Å². The van der Waals surface area contributed by atoms with Gasteiger partial charge < -0.3 is 10.2 Å². The van der Waals surface area contributed by atoms with Crippen molar-refractivity contribution >= 4 is 23.2 Å². The summed E-state index contributed by atoms with van der Waals surface area (Å²) in [5.74, 6) is 0.329. The summed E-state index contributed by atoms with van der Waals surface area (Å²) < 4.78 is 0. The fourth-order valence-electron chi connectivity index (χ4n) is 2.17. The Labute approximate surface area is 141 Å². The van der Waals surface area contributed by atoms with E-state index in [9.17, 15) is 9.59 Å². The summed E-state index contributed by atoms with van der Waals surface area (Å²) in [4.78, 5) is 25.6. The number of unbranched alkanes of at least 4 members (excludes halogenated alkanes) is 1. The highest BCUT2D eigenvalue weighted by Gasteiger charge is 2.11. The van der Waals surface area contributed by atoms with E-state index < -0.39 is 0 Å². The lowest BCUT2D eigenvalue weighted by Crippen LogP contribution is -2.21. The Morgan fingerprint density at radius 2 is 1.96 bits per heavy atom. The van der Waals surface area contributed by atoms with Crippen LogP contribution in [0.4, 0.5) is 11.5 Å². The Morgan fingerprint density at radius 1 is 1.17 bits per heavy atom. The SMILES string of the molecule is CCCCN(C)c1ccc(C(=O)Nc2cccc(C(C)=O)c2)nn1. The van der Waals surface area contributed by atoms with E-state index in [0.29, 0.717) is 11.3 Å². The van der Waals surface area contributed by atoms with Crippen molar-refractivity contribution in [1.82, 2.24) is 10.2 Å². The lowest BCUT2D eigenvalue weighted by atomic mass is 10.1. The van der Waals surface area contributed by atoms with Crippen molar-refractivity contribution in [3.63, 3.8) is 0 Å². The summed E-state index contributed by atoms with van der Waals surface area (Å²) in [6, 6.07) is 10.2. The Kier molecular flexibility index (Phi) is 6.01. The molecule has 2 rings (SSSR count). The number of hydrogen-bond acceptors (Lipinski definition) is 5. The smallest absolute Gasteiger partial charge is 0.276 e. The number of hydrogen-bond donors (Lipinski definition) is 1. The highest BCUT2D eigenvalue weighted by molar-refractivity contribution is 6.03. The molecule has 0 saturated heterocycles. The van der Waals surface area contributed by atoms with E-state index in [1.54, 1.807) is 36.4 Å². The number of aromatic nitrogens is 2. The van der Waals surface area contributed by atoms with Crippen LogP contribution in [-0.2, 0) is 0 Å². The summed E-state index contributed by atoms with van der Waals surface area (Å²) in [5, 5.41) is 10.8. The highest BCUT2D eigenvalue weighted by Crippen LogP contribution is 2.13. The van der Waals surface area contributed by atoms with Gasteiger partial charge >= 0.3 is 0 Å². The van der Waals surface area contributed by atoms with Crippen LogP contribution in [0.2, 0.25) is 0 Å². The fourth-order valence-corrected chi connectivity index (χ4v) is 2.17. The maximum atomic E-state index is 12.2. The second kappa shape index (κ2) is 8.19. The van der Waals surface area contributed by atoms with Gasteiger partial charge in [0.25, 0.3) is 5.91 Å². The molecule has 1 heterocycles. The van der Waals surface area contributed by atoms with Gasteiger partial charge in [-0.2, -0.15) is 0 Å². The first-order valence-electron chi connectivity index (χ1n) is 7.98. The molecule has 1 amide bonds. The van der Waals surface area contributed by atoms with Crippen LogP contribution in [0.3, 0.4) is 0 Å². The first-order chi connectivity index (χ1) is 11.5. The molecular weight excluding hydrogens is 304 g/mol. The average molecular weight is 326 g/mol. The first kappa shape index (κ1) is 17.6. The summed E-state index contributed by atoms with van der Waals surface area (Å²) in [6.07, 6.45) is 2.19. The number of nitrogens with one attached hydrogen (secondary N) is 1. The molecule has 0 radical (unpaired) electrons. The Hall–Kier alpha value is -2.76. The number of benzene rings is 1. The summed E-state index contributed by atoms with van der Waals surface area (Å²) in [7, 11) is 1.95. The normalized spacial score (nSPS) is 10.3. The molecule has 0 aliphatic rings. The monoisotopic (exact) mass is 326 g/mol. The zero-order chi connectivity index (χ0) is 17.5. The van der Waals surface area contributed by atoms with Crippen molar-refractivity contribution in [2.24, 2.45) is 0 Å². The molecule has 6 nitrogen and oxygen atoms in total. The van der Waals surface area contributed by atoms with Crippen LogP contribution < -0.4 is 10.2 Å². The highest BCUT2D eigenvalue weighted by atomic mass is 16.2. The molecule has 1 N–H and O–H groups in total. The van der Waals surface area contributed by atoms with E-state index in [0.717, 1.165) is 25.2 Å². The fraction of sp³-hybridized carbons (Fsp3) is 0.333. The molecule has 0 aliphatic carbocycles. The van der Waals surface area contributed by atoms with E-state index in [-0.39, 0.29) is 17.4 Å². The van der Waals surface area contributed by atoms with Crippen LogP contribution in [0, 0.1) is 0 Å². The molecule has 0 saturated carbocycles. The summed E-state index contributed by atoms with van der Waals surface area (Å²) in [6.45, 7) is 4.52. The molecule has 24 heavy (non-hydrogen) atoms. The standard InChI is InChI=1S/C18H22N4O2/c1-4-5-11-22(3)17-10-9-16(20-21-17)18(24)19-15-8-6-7-14(12-15)13(2)23/h6-10,12H,4-5,11H2,1-3H3,(H,19,24). The average Bonchev–Trinajstić information content (AvgIpc) is 2.60. The van der Waals surface area contributed by atoms with Crippen molar-refractivity contribution in [2.75, 3.05) is 23.8 Å². The molecule has 2 aromatic rings. The number of rotatable bonds is 7. The van der Waals surface area contributed by atoms with Gasteiger partial charge in [0.05, 0.1) is 0 Å². The minimum absolute atomic E-state index is 0.0506. The molecule has 0 unspecified atom stereocenters. The van der Waals surface area contributed by atoms with E-state index >= 15 is 0 Å². The second-order valence-electron chi connectivity index (χ2n) is 5.64. The minimum atomic E-state index is -0.356. The lowest BCUT2D eigenvalue weighted by Gasteiger charge is -2.16. The minimum Gasteiger partial charge on any atom is -0.358 e. The molecule has 0 atom stereocenters. The Bertz CT molecular complexity index is 713. The Balaban J connectivity index is 2.05. The van der Waals surface area contributed by atoms with Crippen molar-refractivity contribution in [3.05, 3.63) is 47.7 Å². The van der Waals surface area contributed by atoms with Crippen molar-refractivity contribution < 1.29 is 9.59 Å². The predicted molar refractivity (Wildman–Crippen MR) is 94.6 cm³/mol. The van der Waals surface area contributed by atoms with Gasteiger partial charge in [0, 0.05) is 24.8 Å². The number of nitrogens with zero attached hydrogens (tertiary/aromatic N) is 3. The van der Waals surface area contributed by atoms with E-state index in [1.807, 2.05) is 11.9 Å². The molecule has 0 fully saturated rings. The number of amides is 1. The van der Waals surface area contributed by atoms with Gasteiger partial charge in [0.1, 0.15) is 0 Å². The van der Waals surface area contributed by atoms with Crippen LogP contribution in [0.15, 0.2) is 36.4 Å². The zero-order valence-corrected chi connectivity index (χ0v) is 14.2. The maximum Gasteiger partial charge on any atom is 0.276 e. The molecule has 126 valence electrons. The number of carbonyl (C=O) groups is 2. The zero-order valence-electron chi connectivity index (χ0n) is 14.2. The number of anilines is 2. The topological polar surface area (TPSA) is 75.2 Å². The molecule has 0 spiro atoms. The second-order valence-corrected chi connectivity index (χ2v) is 5.64. The van der Waals surface area contributed by atoms with Gasteiger partial charge in [-0.15, -0.1) is 10.2 Å². The summed E-state index contributed by atoms with van der Waals surface area (Å²) >= 11 is 0. The molecular formula is C18H22N4O2. The third kappa shape index (κ3) is 4.62. The number of Topliss-reactive ketones (excluding diaryl/α,β-unsaturated/α-hetero) is 1. The van der Waals surface area contributed by atoms with Gasteiger partial charge in [-0.05, 0) is 37.6 Å². The van der Waals surface area contributed by atoms with Crippen LogP contribution >= 0.6 is 0 Å². The molecule has 1 aromatic carbocycles. The number of carbonyl (C=O) groups excluding carboxylic acids is 2. The first-order valence-corrected chi connectivity index (χ1v) is 7.98. The molecule has 0 bridgehead atoms. The van der Waals surface area contributed by atoms with Crippen LogP contribution in [0.5, 0.6) is 0 Å². The van der Waals surface area contributed by atoms with E-state index in [4.69, 9.17) is 0 Å². The predicted octanol–water partition coefficient (Wildman–Crippen LogP) is 3.17. The molecule has 1 aromatic heterocycles. The van der Waals surface area contributed by atoms with Crippen molar-refractivity contribution in [2.45, 2.75) is 26.7 Å². The lowest BCUT2D eigenvalue weighted by molar-refractivity contribution is 0.100. The molecule has 6 heteroatoms. The van der Waals surface area contributed by atoms with E-state index in [2.05, 4.69) is 22.4 Å². The quantitative estimate of drug-likeness (QED) is 0.791. The molecule has 0 aliphatic heterocycles.